The van der Waals surface area contributed by atoms with Gasteiger partial charge in [-0.1, -0.05) is 5.16 Å². The van der Waals surface area contributed by atoms with Gasteiger partial charge in [-0.25, -0.2) is 8.42 Å². The van der Waals surface area contributed by atoms with Crippen molar-refractivity contribution in [3.63, 3.8) is 0 Å². The molecular formula is C16H22N2O6S. The minimum absolute atomic E-state index is 0.0199. The van der Waals surface area contributed by atoms with E-state index in [1.807, 2.05) is 6.92 Å². The highest BCUT2D eigenvalue weighted by atomic mass is 32.2. The van der Waals surface area contributed by atoms with Crippen molar-refractivity contribution in [3.8, 4) is 11.5 Å². The lowest BCUT2D eigenvalue weighted by Crippen LogP contribution is -2.37. The second-order valence-corrected chi connectivity index (χ2v) is 7.75. The summed E-state index contributed by atoms with van der Waals surface area (Å²) in [7, 11) is -1.48. The van der Waals surface area contributed by atoms with Gasteiger partial charge in [-0.15, -0.1) is 0 Å². The van der Waals surface area contributed by atoms with Gasteiger partial charge in [-0.2, -0.15) is 0 Å². The first-order valence-electron chi connectivity index (χ1n) is 7.89. The molecule has 2 rings (SSSR count). The Hall–Kier alpha value is -2.29. The van der Waals surface area contributed by atoms with E-state index in [0.717, 1.165) is 5.56 Å². The second-order valence-electron chi connectivity index (χ2n) is 5.52. The zero-order valence-corrected chi connectivity index (χ0v) is 15.0. The Morgan fingerprint density at radius 3 is 2.84 bits per heavy atom. The molecule has 25 heavy (non-hydrogen) atoms. The molecule has 1 amide bonds. The van der Waals surface area contributed by atoms with Gasteiger partial charge in [0, 0.05) is 11.6 Å². The quantitative estimate of drug-likeness (QED) is 0.535. The molecule has 0 saturated carbocycles. The average molecular weight is 370 g/mol. The summed E-state index contributed by atoms with van der Waals surface area (Å²) >= 11 is 0. The molecule has 0 radical (unpaired) electrons. The van der Waals surface area contributed by atoms with Crippen LogP contribution in [0.2, 0.25) is 0 Å². The molecule has 138 valence electrons. The number of carbonyl (C=O) groups excluding carboxylic acids is 1. The fraction of sp³-hybridized carbons (Fsp3) is 0.500. The Bertz CT molecular complexity index is 732. The maximum atomic E-state index is 11.7. The number of nitrogens with zero attached hydrogens (tertiary/aromatic N) is 1. The summed E-state index contributed by atoms with van der Waals surface area (Å²) in [5, 5.41) is 6.35. The Morgan fingerprint density at radius 2 is 2.20 bits per heavy atom. The maximum absolute atomic E-state index is 11.7. The van der Waals surface area contributed by atoms with Crippen LogP contribution >= 0.6 is 0 Å². The number of oxime groups is 1. The van der Waals surface area contributed by atoms with E-state index >= 15 is 0 Å². The lowest BCUT2D eigenvalue weighted by Gasteiger charge is -2.10. The third-order valence-electron chi connectivity index (χ3n) is 3.56. The van der Waals surface area contributed by atoms with E-state index in [0.29, 0.717) is 24.5 Å². The van der Waals surface area contributed by atoms with E-state index in [1.165, 1.54) is 6.21 Å². The standard InChI is InChI=1S/C16H22N2O6S/c1-3-23-14-5-4-12(8-15(14)22-2)9-17-24-10-16(19)18-13-6-7-25(20,21)11-13/h4-5,8-9,13H,3,6-7,10-11H2,1-2H3,(H,18,19)/b17-9-/t13-/m0/s1. The van der Waals surface area contributed by atoms with E-state index in [2.05, 4.69) is 10.5 Å². The van der Waals surface area contributed by atoms with Crippen molar-refractivity contribution in [1.82, 2.24) is 5.32 Å². The lowest BCUT2D eigenvalue weighted by molar-refractivity contribution is -0.126. The molecule has 1 atom stereocenters. The molecule has 0 aliphatic carbocycles. The Labute approximate surface area is 147 Å². The predicted octanol–water partition coefficient (Wildman–Crippen LogP) is 0.748. The van der Waals surface area contributed by atoms with Gasteiger partial charge in [0.15, 0.2) is 27.9 Å². The van der Waals surface area contributed by atoms with Crippen molar-refractivity contribution in [2.24, 2.45) is 5.16 Å². The highest BCUT2D eigenvalue weighted by Gasteiger charge is 2.28. The maximum Gasteiger partial charge on any atom is 0.261 e. The van der Waals surface area contributed by atoms with Crippen LogP contribution in [0.15, 0.2) is 23.4 Å². The number of methoxy groups -OCH3 is 1. The van der Waals surface area contributed by atoms with Crippen molar-refractivity contribution in [2.75, 3.05) is 31.8 Å². The number of sulfone groups is 1. The lowest BCUT2D eigenvalue weighted by atomic mass is 10.2. The van der Waals surface area contributed by atoms with Crippen LogP contribution < -0.4 is 14.8 Å². The molecule has 0 bridgehead atoms. The number of hydrogen-bond acceptors (Lipinski definition) is 7. The molecule has 0 unspecified atom stereocenters. The molecule has 1 aliphatic heterocycles. The Kier molecular flexibility index (Phi) is 6.63. The Balaban J connectivity index is 1.80. The monoisotopic (exact) mass is 370 g/mol. The number of rotatable bonds is 8. The number of nitrogens with one attached hydrogen (secondary N) is 1. The van der Waals surface area contributed by atoms with E-state index in [1.54, 1.807) is 25.3 Å². The zero-order chi connectivity index (χ0) is 18.3. The molecule has 1 aliphatic rings. The van der Waals surface area contributed by atoms with Crippen LogP contribution in [-0.2, 0) is 19.5 Å². The van der Waals surface area contributed by atoms with Crippen LogP contribution in [0, 0.1) is 0 Å². The molecule has 1 aromatic rings. The first kappa shape index (κ1) is 19.0. The summed E-state index contributed by atoms with van der Waals surface area (Å²) in [6.07, 6.45) is 1.88. The number of amides is 1. The second kappa shape index (κ2) is 8.70. The largest absolute Gasteiger partial charge is 0.493 e. The summed E-state index contributed by atoms with van der Waals surface area (Å²) in [5.74, 6) is 0.897. The van der Waals surface area contributed by atoms with Gasteiger partial charge in [0.1, 0.15) is 0 Å². The zero-order valence-electron chi connectivity index (χ0n) is 14.2. The van der Waals surface area contributed by atoms with Gasteiger partial charge in [-0.05, 0) is 31.5 Å². The Morgan fingerprint density at radius 1 is 1.40 bits per heavy atom. The smallest absolute Gasteiger partial charge is 0.261 e. The number of carbonyl (C=O) groups is 1. The average Bonchev–Trinajstić information content (AvgIpc) is 2.91. The number of hydrogen-bond donors (Lipinski definition) is 1. The third-order valence-corrected chi connectivity index (χ3v) is 5.32. The first-order chi connectivity index (χ1) is 11.9. The van der Waals surface area contributed by atoms with Crippen LogP contribution in [0.1, 0.15) is 18.9 Å². The third kappa shape index (κ3) is 5.93. The van der Waals surface area contributed by atoms with E-state index in [9.17, 15) is 13.2 Å². The molecule has 1 fully saturated rings. The van der Waals surface area contributed by atoms with Gasteiger partial charge in [0.05, 0.1) is 31.4 Å². The van der Waals surface area contributed by atoms with Crippen molar-refractivity contribution >= 4 is 22.0 Å². The highest BCUT2D eigenvalue weighted by molar-refractivity contribution is 7.91. The van der Waals surface area contributed by atoms with Crippen molar-refractivity contribution in [3.05, 3.63) is 23.8 Å². The fourth-order valence-corrected chi connectivity index (χ4v) is 4.08. The van der Waals surface area contributed by atoms with E-state index in [4.69, 9.17) is 14.3 Å². The van der Waals surface area contributed by atoms with Gasteiger partial charge < -0.3 is 19.6 Å². The molecule has 1 saturated heterocycles. The highest BCUT2D eigenvalue weighted by Crippen LogP contribution is 2.27. The summed E-state index contributed by atoms with van der Waals surface area (Å²) in [4.78, 5) is 16.6. The molecule has 1 N–H and O–H groups in total. The normalized spacial score (nSPS) is 18.9. The summed E-state index contributed by atoms with van der Waals surface area (Å²) in [6.45, 7) is 2.14. The van der Waals surface area contributed by atoms with Crippen LogP contribution in [0.25, 0.3) is 0 Å². The minimum Gasteiger partial charge on any atom is -0.493 e. The van der Waals surface area contributed by atoms with E-state index in [-0.39, 0.29) is 24.2 Å². The summed E-state index contributed by atoms with van der Waals surface area (Å²) in [6, 6.07) is 4.93. The van der Waals surface area contributed by atoms with Gasteiger partial charge in [0.2, 0.25) is 0 Å². The topological polar surface area (TPSA) is 103 Å². The first-order valence-corrected chi connectivity index (χ1v) is 9.71. The molecule has 1 aromatic carbocycles. The van der Waals surface area contributed by atoms with Gasteiger partial charge in [0.25, 0.3) is 5.91 Å². The van der Waals surface area contributed by atoms with Crippen molar-refractivity contribution in [2.45, 2.75) is 19.4 Å². The molecule has 8 nitrogen and oxygen atoms in total. The number of benzene rings is 1. The molecule has 0 aromatic heterocycles. The van der Waals surface area contributed by atoms with E-state index < -0.39 is 15.7 Å². The fourth-order valence-electron chi connectivity index (χ4n) is 2.41. The van der Waals surface area contributed by atoms with Crippen LogP contribution in [0.3, 0.4) is 0 Å². The molecule has 1 heterocycles. The van der Waals surface area contributed by atoms with Crippen molar-refractivity contribution < 1.29 is 27.5 Å². The molecule has 9 heteroatoms. The molecule has 0 spiro atoms. The predicted molar refractivity (Wildman–Crippen MR) is 92.9 cm³/mol. The van der Waals surface area contributed by atoms with Gasteiger partial charge in [-0.3, -0.25) is 4.79 Å². The summed E-state index contributed by atoms with van der Waals surface area (Å²) in [5.41, 5.74) is 0.725. The molecular weight excluding hydrogens is 348 g/mol. The van der Waals surface area contributed by atoms with Crippen LogP contribution in [-0.4, -0.2) is 58.4 Å². The van der Waals surface area contributed by atoms with Crippen LogP contribution in [0.4, 0.5) is 0 Å². The minimum atomic E-state index is -3.02. The van der Waals surface area contributed by atoms with Crippen LogP contribution in [0.5, 0.6) is 11.5 Å². The van der Waals surface area contributed by atoms with Crippen molar-refractivity contribution in [1.29, 1.82) is 0 Å². The number of ether oxygens (including phenoxy) is 2. The SMILES string of the molecule is CCOc1ccc(/C=N\OCC(=O)N[C@H]2CCS(=O)(=O)C2)cc1OC. The van der Waals surface area contributed by atoms with Gasteiger partial charge >= 0.3 is 0 Å². The summed E-state index contributed by atoms with van der Waals surface area (Å²) < 4.78 is 33.3.